The minimum Gasteiger partial charge on any atom is -0.493 e. The quantitative estimate of drug-likeness (QED) is 0.283. The normalized spacial score (nSPS) is 23.7. The van der Waals surface area contributed by atoms with Gasteiger partial charge in [-0.15, -0.1) is 0 Å². The first-order chi connectivity index (χ1) is 14.1. The Kier molecular flexibility index (Phi) is 7.57. The predicted octanol–water partition coefficient (Wildman–Crippen LogP) is 3.34. The van der Waals surface area contributed by atoms with E-state index in [0.29, 0.717) is 43.9 Å². The van der Waals surface area contributed by atoms with Crippen molar-refractivity contribution < 1.29 is 19.2 Å². The van der Waals surface area contributed by atoms with E-state index in [1.807, 2.05) is 0 Å². The highest BCUT2D eigenvalue weighted by molar-refractivity contribution is 5.81. The number of benzene rings is 1. The van der Waals surface area contributed by atoms with Gasteiger partial charge in [0.05, 0.1) is 29.3 Å². The van der Waals surface area contributed by atoms with Crippen molar-refractivity contribution in [1.82, 2.24) is 10.6 Å². The summed E-state index contributed by atoms with van der Waals surface area (Å²) in [7, 11) is 0. The highest BCUT2D eigenvalue weighted by Gasteiger charge is 2.31. The lowest BCUT2D eigenvalue weighted by molar-refractivity contribution is -0.385. The van der Waals surface area contributed by atoms with Crippen LogP contribution in [0.5, 0.6) is 5.75 Å². The second-order valence-corrected chi connectivity index (χ2v) is 7.92. The number of unbranched alkanes of at least 4 members (excludes halogenated alkanes) is 1. The van der Waals surface area contributed by atoms with E-state index in [1.54, 1.807) is 0 Å². The molecule has 0 spiro atoms. The summed E-state index contributed by atoms with van der Waals surface area (Å²) in [6.45, 7) is 0.357. The fourth-order valence-electron chi connectivity index (χ4n) is 4.32. The van der Waals surface area contributed by atoms with Crippen molar-refractivity contribution in [2.24, 2.45) is 5.92 Å². The lowest BCUT2D eigenvalue weighted by atomic mass is 9.79. The summed E-state index contributed by atoms with van der Waals surface area (Å²) >= 11 is 0. The van der Waals surface area contributed by atoms with E-state index in [2.05, 4.69) is 10.6 Å². The van der Waals surface area contributed by atoms with Crippen LogP contribution in [0.3, 0.4) is 0 Å². The van der Waals surface area contributed by atoms with E-state index in [0.717, 1.165) is 12.3 Å². The van der Waals surface area contributed by atoms with E-state index in [1.165, 1.54) is 50.3 Å². The van der Waals surface area contributed by atoms with E-state index in [-0.39, 0.29) is 23.3 Å². The maximum atomic E-state index is 12.2. The molecule has 0 radical (unpaired) electrons. The van der Waals surface area contributed by atoms with Gasteiger partial charge in [-0.05, 0) is 56.6 Å². The molecular formula is C21H29N3O5. The Morgan fingerprint density at radius 1 is 1.24 bits per heavy atom. The van der Waals surface area contributed by atoms with Crippen LogP contribution in [0.25, 0.3) is 0 Å². The summed E-state index contributed by atoms with van der Waals surface area (Å²) in [5.74, 6) is 1.16. The minimum atomic E-state index is -0.601. The standard InChI is InChI=1S/C21H29N3O5/c25-14-16-8-10-17(13-19(16)24(27)28)29-12-4-3-7-21(26)23-20-11-9-15-5-1-2-6-18(15)22-20/h8,10,13-15,18,20,22H,1-7,9,11-12H2,(H,23,26). The fraction of sp³-hybridized carbons (Fsp3) is 0.619. The average molecular weight is 403 g/mol. The molecule has 3 unspecified atom stereocenters. The Hall–Kier alpha value is -2.48. The number of amides is 1. The third-order valence-corrected chi connectivity index (χ3v) is 5.88. The van der Waals surface area contributed by atoms with E-state index in [9.17, 15) is 19.7 Å². The van der Waals surface area contributed by atoms with Gasteiger partial charge in [-0.3, -0.25) is 25.0 Å². The Labute approximate surface area is 170 Å². The molecule has 1 aliphatic heterocycles. The maximum absolute atomic E-state index is 12.2. The molecule has 0 bridgehead atoms. The van der Waals surface area contributed by atoms with Gasteiger partial charge < -0.3 is 10.1 Å². The zero-order valence-electron chi connectivity index (χ0n) is 16.6. The number of carbonyl (C=O) groups excluding carboxylic acids is 2. The van der Waals surface area contributed by atoms with Crippen molar-refractivity contribution in [2.75, 3.05) is 6.61 Å². The van der Waals surface area contributed by atoms with Gasteiger partial charge in [-0.2, -0.15) is 0 Å². The van der Waals surface area contributed by atoms with E-state index in [4.69, 9.17) is 4.74 Å². The van der Waals surface area contributed by atoms with Crippen LogP contribution in [0.4, 0.5) is 5.69 Å². The summed E-state index contributed by atoms with van der Waals surface area (Å²) in [6.07, 6.45) is 9.60. The molecule has 158 valence electrons. The topological polar surface area (TPSA) is 111 Å². The molecule has 1 aromatic carbocycles. The number of hydrogen-bond acceptors (Lipinski definition) is 6. The molecule has 2 fully saturated rings. The molecule has 29 heavy (non-hydrogen) atoms. The molecule has 8 nitrogen and oxygen atoms in total. The van der Waals surface area contributed by atoms with Crippen LogP contribution in [0, 0.1) is 16.0 Å². The number of carbonyl (C=O) groups is 2. The van der Waals surface area contributed by atoms with Gasteiger partial charge in [-0.1, -0.05) is 12.8 Å². The van der Waals surface area contributed by atoms with Crippen molar-refractivity contribution in [3.63, 3.8) is 0 Å². The van der Waals surface area contributed by atoms with E-state index >= 15 is 0 Å². The molecule has 1 saturated carbocycles. The minimum absolute atomic E-state index is 0.0230. The highest BCUT2D eigenvalue weighted by Crippen LogP contribution is 2.31. The van der Waals surface area contributed by atoms with Crippen LogP contribution in [0.15, 0.2) is 18.2 Å². The molecule has 1 aromatic rings. The van der Waals surface area contributed by atoms with Gasteiger partial charge in [0.25, 0.3) is 5.69 Å². The molecule has 1 amide bonds. The monoisotopic (exact) mass is 403 g/mol. The number of ether oxygens (including phenoxy) is 1. The first-order valence-corrected chi connectivity index (χ1v) is 10.5. The Morgan fingerprint density at radius 3 is 2.86 bits per heavy atom. The first kappa shape index (κ1) is 21.2. The zero-order valence-corrected chi connectivity index (χ0v) is 16.6. The highest BCUT2D eigenvalue weighted by atomic mass is 16.6. The molecule has 3 atom stereocenters. The van der Waals surface area contributed by atoms with Gasteiger partial charge in [0, 0.05) is 12.5 Å². The van der Waals surface area contributed by atoms with Gasteiger partial charge in [0.2, 0.25) is 5.91 Å². The first-order valence-electron chi connectivity index (χ1n) is 10.5. The third-order valence-electron chi connectivity index (χ3n) is 5.88. The van der Waals surface area contributed by atoms with Crippen LogP contribution in [0.2, 0.25) is 0 Å². The molecule has 0 aromatic heterocycles. The number of nitrogens with zero attached hydrogens (tertiary/aromatic N) is 1. The van der Waals surface area contributed by atoms with Crippen LogP contribution in [-0.2, 0) is 4.79 Å². The smallest absolute Gasteiger partial charge is 0.283 e. The molecule has 1 aliphatic carbocycles. The second kappa shape index (κ2) is 10.3. The van der Waals surface area contributed by atoms with Crippen LogP contribution in [-0.4, -0.2) is 35.9 Å². The summed E-state index contributed by atoms with van der Waals surface area (Å²) < 4.78 is 5.52. The molecule has 1 saturated heterocycles. The number of aldehydes is 1. The molecule has 1 heterocycles. The number of fused-ring (bicyclic) bond motifs is 1. The predicted molar refractivity (Wildman–Crippen MR) is 108 cm³/mol. The average Bonchev–Trinajstić information content (AvgIpc) is 2.73. The van der Waals surface area contributed by atoms with Crippen LogP contribution in [0.1, 0.15) is 68.1 Å². The lowest BCUT2D eigenvalue weighted by Gasteiger charge is -2.40. The van der Waals surface area contributed by atoms with Gasteiger partial charge in [0.15, 0.2) is 6.29 Å². The summed E-state index contributed by atoms with van der Waals surface area (Å²) in [4.78, 5) is 33.4. The second-order valence-electron chi connectivity index (χ2n) is 7.92. The number of nitrogens with one attached hydrogen (secondary N) is 2. The zero-order chi connectivity index (χ0) is 20.6. The van der Waals surface area contributed by atoms with Gasteiger partial charge >= 0.3 is 0 Å². The summed E-state index contributed by atoms with van der Waals surface area (Å²) in [5, 5.41) is 17.7. The van der Waals surface area contributed by atoms with Crippen molar-refractivity contribution in [2.45, 2.75) is 70.0 Å². The molecule has 2 aliphatic rings. The number of rotatable bonds is 9. The lowest BCUT2D eigenvalue weighted by Crippen LogP contribution is -2.56. The van der Waals surface area contributed by atoms with Crippen molar-refractivity contribution in [3.8, 4) is 5.75 Å². The van der Waals surface area contributed by atoms with Crippen molar-refractivity contribution >= 4 is 17.9 Å². The maximum Gasteiger partial charge on any atom is 0.283 e. The summed E-state index contributed by atoms with van der Waals surface area (Å²) in [6, 6.07) is 4.72. The Bertz CT molecular complexity index is 739. The number of hydrogen-bond donors (Lipinski definition) is 2. The largest absolute Gasteiger partial charge is 0.493 e. The summed E-state index contributed by atoms with van der Waals surface area (Å²) in [5.41, 5.74) is -0.244. The third kappa shape index (κ3) is 6.00. The SMILES string of the molecule is O=Cc1ccc(OCCCCC(=O)NC2CCC3CCCCC3N2)cc1[N+](=O)[O-]. The number of nitro groups is 1. The number of nitro benzene ring substituents is 1. The van der Waals surface area contributed by atoms with Gasteiger partial charge in [0.1, 0.15) is 5.75 Å². The molecular weight excluding hydrogens is 374 g/mol. The molecule has 8 heteroatoms. The Balaban J connectivity index is 1.33. The fourth-order valence-corrected chi connectivity index (χ4v) is 4.32. The number of piperidine rings is 1. The Morgan fingerprint density at radius 2 is 2.07 bits per heavy atom. The molecule has 3 rings (SSSR count). The van der Waals surface area contributed by atoms with Crippen LogP contribution < -0.4 is 15.4 Å². The molecule has 2 N–H and O–H groups in total. The van der Waals surface area contributed by atoms with Crippen LogP contribution >= 0.6 is 0 Å². The van der Waals surface area contributed by atoms with Crippen molar-refractivity contribution in [3.05, 3.63) is 33.9 Å². The van der Waals surface area contributed by atoms with E-state index < -0.39 is 4.92 Å². The van der Waals surface area contributed by atoms with Crippen molar-refractivity contribution in [1.29, 1.82) is 0 Å². The van der Waals surface area contributed by atoms with Gasteiger partial charge in [-0.25, -0.2) is 0 Å².